The summed E-state index contributed by atoms with van der Waals surface area (Å²) in [5, 5.41) is 0.560. The van der Waals surface area contributed by atoms with Gasteiger partial charge in [0, 0.05) is 21.7 Å². The van der Waals surface area contributed by atoms with Gasteiger partial charge in [0.1, 0.15) is 0 Å². The molecule has 0 aromatic heterocycles. The Morgan fingerprint density at radius 1 is 0.778 bits per heavy atom. The Morgan fingerprint density at radius 2 is 1.39 bits per heavy atom. The second kappa shape index (κ2) is 3.94. The van der Waals surface area contributed by atoms with E-state index in [2.05, 4.69) is 0 Å². The van der Waals surface area contributed by atoms with Gasteiger partial charge < -0.3 is 0 Å². The molecule has 0 saturated heterocycles. The molecule has 0 N–H and O–H groups in total. The van der Waals surface area contributed by atoms with E-state index in [1.54, 1.807) is 24.3 Å². The summed E-state index contributed by atoms with van der Waals surface area (Å²) < 4.78 is 0. The Hall–Kier alpha value is -1.64. The molecule has 0 aliphatic heterocycles. The molecule has 0 heterocycles. The maximum Gasteiger partial charge on any atom is 0.196 e. The van der Waals surface area contributed by atoms with Gasteiger partial charge in [-0.1, -0.05) is 47.5 Å². The van der Waals surface area contributed by atoms with Crippen LogP contribution in [0.25, 0.3) is 0 Å². The number of fused-ring (bicyclic) bond motifs is 2. The van der Waals surface area contributed by atoms with Crippen LogP contribution < -0.4 is 0 Å². The van der Waals surface area contributed by atoms with Crippen LogP contribution in [-0.2, 0) is 0 Å². The lowest BCUT2D eigenvalue weighted by Crippen LogP contribution is -2.21. The van der Waals surface area contributed by atoms with Crippen molar-refractivity contribution in [1.29, 1.82) is 0 Å². The molecule has 0 fully saturated rings. The minimum Gasteiger partial charge on any atom is -0.289 e. The van der Waals surface area contributed by atoms with Crippen molar-refractivity contribution < 1.29 is 9.59 Å². The Bertz CT molecular complexity index is 705. The molecule has 1 aliphatic rings. The smallest absolute Gasteiger partial charge is 0.196 e. The SMILES string of the molecule is O=C1c2ccccc2C(=O)c2c(Cl)cc(Cl)cc21. The predicted octanol–water partition coefficient (Wildman–Crippen LogP) is 3.77. The first kappa shape index (κ1) is 11.5. The normalized spacial score (nSPS) is 13.2. The van der Waals surface area contributed by atoms with Gasteiger partial charge in [-0.05, 0) is 12.1 Å². The van der Waals surface area contributed by atoms with Crippen molar-refractivity contribution in [3.05, 3.63) is 68.7 Å². The highest BCUT2D eigenvalue weighted by molar-refractivity contribution is 6.41. The monoisotopic (exact) mass is 276 g/mol. The molecule has 0 atom stereocenters. The average molecular weight is 277 g/mol. The number of hydrogen-bond donors (Lipinski definition) is 0. The van der Waals surface area contributed by atoms with E-state index < -0.39 is 0 Å². The first-order chi connectivity index (χ1) is 8.59. The van der Waals surface area contributed by atoms with Gasteiger partial charge in [-0.15, -0.1) is 0 Å². The molecule has 1 aliphatic carbocycles. The highest BCUT2D eigenvalue weighted by Crippen LogP contribution is 2.33. The van der Waals surface area contributed by atoms with Gasteiger partial charge in [0.15, 0.2) is 11.6 Å². The van der Waals surface area contributed by atoms with Crippen molar-refractivity contribution in [3.63, 3.8) is 0 Å². The molecule has 88 valence electrons. The maximum absolute atomic E-state index is 12.3. The molecule has 2 nitrogen and oxygen atoms in total. The first-order valence-corrected chi connectivity index (χ1v) is 6.02. The van der Waals surface area contributed by atoms with E-state index in [1.807, 2.05) is 0 Å². The average Bonchev–Trinajstić information content (AvgIpc) is 2.35. The highest BCUT2D eigenvalue weighted by Gasteiger charge is 2.31. The lowest BCUT2D eigenvalue weighted by atomic mass is 9.84. The van der Waals surface area contributed by atoms with E-state index in [0.717, 1.165) is 0 Å². The fourth-order valence-electron chi connectivity index (χ4n) is 2.14. The van der Waals surface area contributed by atoms with Crippen molar-refractivity contribution in [3.8, 4) is 0 Å². The molecular formula is C14H6Cl2O2. The van der Waals surface area contributed by atoms with Gasteiger partial charge >= 0.3 is 0 Å². The van der Waals surface area contributed by atoms with Gasteiger partial charge in [-0.25, -0.2) is 0 Å². The molecule has 2 aromatic carbocycles. The topological polar surface area (TPSA) is 34.1 Å². The molecule has 3 rings (SSSR count). The quantitative estimate of drug-likeness (QED) is 0.626. The number of ketones is 2. The zero-order valence-electron chi connectivity index (χ0n) is 9.04. The number of rotatable bonds is 0. The Kier molecular flexibility index (Phi) is 2.51. The number of benzene rings is 2. The molecule has 0 amide bonds. The highest BCUT2D eigenvalue weighted by atomic mass is 35.5. The van der Waals surface area contributed by atoms with E-state index in [9.17, 15) is 9.59 Å². The molecule has 0 unspecified atom stereocenters. The largest absolute Gasteiger partial charge is 0.289 e. The standard InChI is InChI=1S/C14H6Cl2O2/c15-7-5-10-12(11(16)6-7)14(18)9-4-2-1-3-8(9)13(10)17/h1-6H. The van der Waals surface area contributed by atoms with Crippen LogP contribution in [-0.4, -0.2) is 11.6 Å². The van der Waals surface area contributed by atoms with E-state index in [4.69, 9.17) is 23.2 Å². The molecule has 0 bridgehead atoms. The van der Waals surface area contributed by atoms with Crippen LogP contribution >= 0.6 is 23.2 Å². The third kappa shape index (κ3) is 1.50. The Morgan fingerprint density at radius 3 is 2.06 bits per heavy atom. The van der Waals surface area contributed by atoms with Crippen LogP contribution in [0.15, 0.2) is 36.4 Å². The third-order valence-corrected chi connectivity index (χ3v) is 3.46. The minimum atomic E-state index is -0.234. The molecule has 0 saturated carbocycles. The third-order valence-electron chi connectivity index (χ3n) is 2.94. The second-order valence-electron chi connectivity index (χ2n) is 4.01. The lowest BCUT2D eigenvalue weighted by Gasteiger charge is -2.18. The molecule has 18 heavy (non-hydrogen) atoms. The number of carbonyl (C=O) groups is 2. The zero-order valence-corrected chi connectivity index (χ0v) is 10.5. The number of carbonyl (C=O) groups excluding carboxylic acids is 2. The number of halogens is 2. The van der Waals surface area contributed by atoms with Gasteiger partial charge in [0.25, 0.3) is 0 Å². The number of hydrogen-bond acceptors (Lipinski definition) is 2. The van der Waals surface area contributed by atoms with Crippen LogP contribution in [0.4, 0.5) is 0 Å². The summed E-state index contributed by atoms with van der Waals surface area (Å²) in [5.74, 6) is -0.452. The minimum absolute atomic E-state index is 0.213. The second-order valence-corrected chi connectivity index (χ2v) is 4.86. The summed E-state index contributed by atoms with van der Waals surface area (Å²) in [7, 11) is 0. The summed E-state index contributed by atoms with van der Waals surface area (Å²) in [6.07, 6.45) is 0. The van der Waals surface area contributed by atoms with Crippen molar-refractivity contribution in [2.24, 2.45) is 0 Å². The summed E-state index contributed by atoms with van der Waals surface area (Å²) in [6.45, 7) is 0. The lowest BCUT2D eigenvalue weighted by molar-refractivity contribution is 0.0979. The van der Waals surface area contributed by atoms with E-state index in [-0.39, 0.29) is 27.7 Å². The van der Waals surface area contributed by atoms with Crippen molar-refractivity contribution in [2.45, 2.75) is 0 Å². The molecular weight excluding hydrogens is 271 g/mol. The zero-order chi connectivity index (χ0) is 12.9. The van der Waals surface area contributed by atoms with Crippen LogP contribution in [0.5, 0.6) is 0 Å². The van der Waals surface area contributed by atoms with Crippen molar-refractivity contribution in [1.82, 2.24) is 0 Å². The molecule has 4 heteroatoms. The van der Waals surface area contributed by atoms with Crippen LogP contribution in [0.2, 0.25) is 10.0 Å². The van der Waals surface area contributed by atoms with Crippen LogP contribution in [0, 0.1) is 0 Å². The van der Waals surface area contributed by atoms with Crippen molar-refractivity contribution >= 4 is 34.8 Å². The van der Waals surface area contributed by atoms with Crippen LogP contribution in [0.3, 0.4) is 0 Å². The molecule has 2 aromatic rings. The van der Waals surface area contributed by atoms with Crippen molar-refractivity contribution in [2.75, 3.05) is 0 Å². The molecule has 0 spiro atoms. The predicted molar refractivity (Wildman–Crippen MR) is 69.8 cm³/mol. The van der Waals surface area contributed by atoms with Gasteiger partial charge in [-0.2, -0.15) is 0 Å². The fraction of sp³-hybridized carbons (Fsp3) is 0. The van der Waals surface area contributed by atoms with E-state index in [1.165, 1.54) is 12.1 Å². The Balaban J connectivity index is 2.37. The first-order valence-electron chi connectivity index (χ1n) is 5.27. The van der Waals surface area contributed by atoms with E-state index >= 15 is 0 Å². The van der Waals surface area contributed by atoms with Gasteiger partial charge in [0.05, 0.1) is 10.6 Å². The fourth-order valence-corrected chi connectivity index (χ4v) is 2.72. The maximum atomic E-state index is 12.3. The van der Waals surface area contributed by atoms with E-state index in [0.29, 0.717) is 16.1 Å². The summed E-state index contributed by atoms with van der Waals surface area (Å²) in [5.41, 5.74) is 1.30. The van der Waals surface area contributed by atoms with Gasteiger partial charge in [-0.3, -0.25) is 9.59 Å². The van der Waals surface area contributed by atoms with Crippen LogP contribution in [0.1, 0.15) is 31.8 Å². The van der Waals surface area contributed by atoms with Gasteiger partial charge in [0.2, 0.25) is 0 Å². The summed E-state index contributed by atoms with van der Waals surface area (Å²) in [4.78, 5) is 24.6. The Labute approximate surface area is 113 Å². The summed E-state index contributed by atoms with van der Waals surface area (Å²) >= 11 is 11.9. The molecule has 0 radical (unpaired) electrons. The summed E-state index contributed by atoms with van der Waals surface area (Å²) in [6, 6.07) is 9.66.